The van der Waals surface area contributed by atoms with Crippen LogP contribution in [0.5, 0.6) is 0 Å². The van der Waals surface area contributed by atoms with E-state index < -0.39 is 0 Å². The van der Waals surface area contributed by atoms with Crippen molar-refractivity contribution in [3.05, 3.63) is 34.1 Å². The zero-order chi connectivity index (χ0) is 13.1. The molecule has 1 fully saturated rings. The fourth-order valence-electron chi connectivity index (χ4n) is 2.09. The van der Waals surface area contributed by atoms with Crippen molar-refractivity contribution in [2.45, 2.75) is 19.4 Å². The van der Waals surface area contributed by atoms with E-state index in [4.69, 9.17) is 0 Å². The molecule has 0 bridgehead atoms. The van der Waals surface area contributed by atoms with Crippen LogP contribution < -0.4 is 5.32 Å². The van der Waals surface area contributed by atoms with Gasteiger partial charge in [-0.3, -0.25) is 4.79 Å². The molecule has 0 aromatic heterocycles. The largest absolute Gasteiger partial charge is 0.340 e. The first-order valence-electron chi connectivity index (χ1n) is 6.01. The number of carbonyl (C=O) groups is 1. The van der Waals surface area contributed by atoms with Gasteiger partial charge in [-0.05, 0) is 40.5 Å². The standard InChI is InChI=1S/C13H16BrFN2O/c1-9-8-17(5-4-16-9)13(18)7-10-2-3-12(15)11(14)6-10/h2-3,6,9,16H,4-5,7-8H2,1H3. The highest BCUT2D eigenvalue weighted by Crippen LogP contribution is 2.17. The Kier molecular flexibility index (Phi) is 4.35. The molecule has 3 nitrogen and oxygen atoms in total. The van der Waals surface area contributed by atoms with Gasteiger partial charge in [0.2, 0.25) is 5.91 Å². The Labute approximate surface area is 114 Å². The zero-order valence-electron chi connectivity index (χ0n) is 10.2. The Morgan fingerprint density at radius 1 is 1.61 bits per heavy atom. The number of piperazine rings is 1. The SMILES string of the molecule is CC1CN(C(=O)Cc2ccc(F)c(Br)c2)CCN1. The third kappa shape index (κ3) is 3.29. The summed E-state index contributed by atoms with van der Waals surface area (Å²) >= 11 is 3.13. The number of halogens is 2. The molecule has 1 amide bonds. The summed E-state index contributed by atoms with van der Waals surface area (Å²) in [6.45, 7) is 4.38. The van der Waals surface area contributed by atoms with E-state index in [0.29, 0.717) is 16.9 Å². The third-order valence-corrected chi connectivity index (χ3v) is 3.67. The monoisotopic (exact) mass is 314 g/mol. The molecule has 1 N–H and O–H groups in total. The highest BCUT2D eigenvalue weighted by molar-refractivity contribution is 9.10. The van der Waals surface area contributed by atoms with Crippen molar-refractivity contribution in [3.8, 4) is 0 Å². The van der Waals surface area contributed by atoms with Gasteiger partial charge in [-0.2, -0.15) is 0 Å². The number of nitrogens with zero attached hydrogens (tertiary/aromatic N) is 1. The molecule has 1 aromatic rings. The van der Waals surface area contributed by atoms with Crippen molar-refractivity contribution in [2.75, 3.05) is 19.6 Å². The number of carbonyl (C=O) groups excluding carboxylic acids is 1. The van der Waals surface area contributed by atoms with Crippen molar-refractivity contribution < 1.29 is 9.18 Å². The van der Waals surface area contributed by atoms with E-state index in [0.717, 1.165) is 25.2 Å². The Morgan fingerprint density at radius 2 is 2.39 bits per heavy atom. The van der Waals surface area contributed by atoms with Crippen LogP contribution in [-0.2, 0) is 11.2 Å². The Bertz CT molecular complexity index is 453. The molecule has 0 radical (unpaired) electrons. The van der Waals surface area contributed by atoms with E-state index in [9.17, 15) is 9.18 Å². The molecule has 1 aromatic carbocycles. The maximum Gasteiger partial charge on any atom is 0.227 e. The van der Waals surface area contributed by atoms with Crippen molar-refractivity contribution >= 4 is 21.8 Å². The second kappa shape index (κ2) is 5.80. The summed E-state index contributed by atoms with van der Waals surface area (Å²) in [7, 11) is 0. The first-order chi connectivity index (χ1) is 8.56. The van der Waals surface area contributed by atoms with Crippen LogP contribution in [0.1, 0.15) is 12.5 Å². The second-order valence-corrected chi connectivity index (χ2v) is 5.47. The maximum absolute atomic E-state index is 13.1. The van der Waals surface area contributed by atoms with Gasteiger partial charge in [0.15, 0.2) is 0 Å². The minimum absolute atomic E-state index is 0.0989. The van der Waals surface area contributed by atoms with Gasteiger partial charge in [0.1, 0.15) is 5.82 Å². The highest BCUT2D eigenvalue weighted by atomic mass is 79.9. The van der Waals surface area contributed by atoms with E-state index in [2.05, 4.69) is 28.2 Å². The van der Waals surface area contributed by atoms with Gasteiger partial charge in [0.25, 0.3) is 0 Å². The van der Waals surface area contributed by atoms with E-state index in [1.165, 1.54) is 6.07 Å². The molecule has 1 saturated heterocycles. The van der Waals surface area contributed by atoms with Crippen molar-refractivity contribution in [1.82, 2.24) is 10.2 Å². The number of benzene rings is 1. The average Bonchev–Trinajstić information content (AvgIpc) is 2.34. The molecule has 5 heteroatoms. The van der Waals surface area contributed by atoms with Gasteiger partial charge in [-0.1, -0.05) is 6.07 Å². The van der Waals surface area contributed by atoms with Crippen LogP contribution in [0.2, 0.25) is 0 Å². The molecule has 0 spiro atoms. The first-order valence-corrected chi connectivity index (χ1v) is 6.80. The predicted molar refractivity (Wildman–Crippen MR) is 71.8 cm³/mol. The molecular weight excluding hydrogens is 299 g/mol. The number of hydrogen-bond donors (Lipinski definition) is 1. The maximum atomic E-state index is 13.1. The summed E-state index contributed by atoms with van der Waals surface area (Å²) in [5.41, 5.74) is 0.833. The lowest BCUT2D eigenvalue weighted by Gasteiger charge is -2.32. The summed E-state index contributed by atoms with van der Waals surface area (Å²) in [4.78, 5) is 14.0. The molecule has 18 heavy (non-hydrogen) atoms. The summed E-state index contributed by atoms with van der Waals surface area (Å²) in [6.07, 6.45) is 0.325. The number of amides is 1. The highest BCUT2D eigenvalue weighted by Gasteiger charge is 2.20. The second-order valence-electron chi connectivity index (χ2n) is 4.62. The quantitative estimate of drug-likeness (QED) is 0.905. The van der Waals surface area contributed by atoms with E-state index in [-0.39, 0.29) is 11.7 Å². The normalized spacial score (nSPS) is 19.9. The van der Waals surface area contributed by atoms with E-state index in [1.54, 1.807) is 12.1 Å². The van der Waals surface area contributed by atoms with Crippen LogP contribution in [0.25, 0.3) is 0 Å². The molecular formula is C13H16BrFN2O. The molecule has 1 atom stereocenters. The summed E-state index contributed by atoms with van der Waals surface area (Å²) < 4.78 is 13.5. The Balaban J connectivity index is 2.00. The third-order valence-electron chi connectivity index (χ3n) is 3.06. The van der Waals surface area contributed by atoms with Crippen molar-refractivity contribution in [3.63, 3.8) is 0 Å². The molecule has 2 rings (SSSR count). The van der Waals surface area contributed by atoms with Gasteiger partial charge in [-0.15, -0.1) is 0 Å². The van der Waals surface area contributed by atoms with E-state index in [1.807, 2.05) is 4.90 Å². The van der Waals surface area contributed by atoms with Gasteiger partial charge >= 0.3 is 0 Å². The minimum Gasteiger partial charge on any atom is -0.340 e. The van der Waals surface area contributed by atoms with Crippen LogP contribution in [0.4, 0.5) is 4.39 Å². The lowest BCUT2D eigenvalue weighted by Crippen LogP contribution is -2.51. The minimum atomic E-state index is -0.304. The molecule has 1 heterocycles. The molecule has 1 unspecified atom stereocenters. The topological polar surface area (TPSA) is 32.3 Å². The average molecular weight is 315 g/mol. The fraction of sp³-hybridized carbons (Fsp3) is 0.462. The number of nitrogens with one attached hydrogen (secondary N) is 1. The van der Waals surface area contributed by atoms with Crippen LogP contribution in [0, 0.1) is 5.82 Å². The summed E-state index contributed by atoms with van der Waals surface area (Å²) in [5, 5.41) is 3.30. The lowest BCUT2D eigenvalue weighted by atomic mass is 10.1. The van der Waals surface area contributed by atoms with Gasteiger partial charge in [0.05, 0.1) is 10.9 Å². The predicted octanol–water partition coefficient (Wildman–Crippen LogP) is 1.95. The Morgan fingerprint density at radius 3 is 3.06 bits per heavy atom. The molecule has 98 valence electrons. The van der Waals surface area contributed by atoms with Gasteiger partial charge in [-0.25, -0.2) is 4.39 Å². The fourth-order valence-corrected chi connectivity index (χ4v) is 2.52. The zero-order valence-corrected chi connectivity index (χ0v) is 11.8. The number of hydrogen-bond acceptors (Lipinski definition) is 2. The lowest BCUT2D eigenvalue weighted by molar-refractivity contribution is -0.131. The van der Waals surface area contributed by atoms with Crippen molar-refractivity contribution in [2.24, 2.45) is 0 Å². The van der Waals surface area contributed by atoms with Crippen molar-refractivity contribution in [1.29, 1.82) is 0 Å². The molecule has 1 aliphatic heterocycles. The summed E-state index contributed by atoms with van der Waals surface area (Å²) in [5.74, 6) is -0.205. The van der Waals surface area contributed by atoms with Gasteiger partial charge < -0.3 is 10.2 Å². The molecule has 0 saturated carbocycles. The van der Waals surface area contributed by atoms with Gasteiger partial charge in [0, 0.05) is 25.7 Å². The Hall–Kier alpha value is -0.940. The van der Waals surface area contributed by atoms with Crippen LogP contribution in [-0.4, -0.2) is 36.5 Å². The first kappa shape index (κ1) is 13.5. The van der Waals surface area contributed by atoms with E-state index >= 15 is 0 Å². The van der Waals surface area contributed by atoms with Crippen LogP contribution in [0.15, 0.2) is 22.7 Å². The molecule has 0 aliphatic carbocycles. The molecule has 1 aliphatic rings. The smallest absolute Gasteiger partial charge is 0.227 e. The number of rotatable bonds is 2. The van der Waals surface area contributed by atoms with Crippen LogP contribution >= 0.6 is 15.9 Å². The van der Waals surface area contributed by atoms with Crippen LogP contribution in [0.3, 0.4) is 0 Å². The summed E-state index contributed by atoms with van der Waals surface area (Å²) in [6, 6.07) is 5.04.